The Morgan fingerprint density at radius 1 is 1.40 bits per heavy atom. The van der Waals surface area contributed by atoms with Crippen LogP contribution in [0.15, 0.2) is 36.9 Å². The van der Waals surface area contributed by atoms with E-state index in [9.17, 15) is 9.59 Å². The van der Waals surface area contributed by atoms with Gasteiger partial charge in [0.15, 0.2) is 0 Å². The van der Waals surface area contributed by atoms with Crippen LogP contribution in [0.1, 0.15) is 15.9 Å². The van der Waals surface area contributed by atoms with Crippen molar-refractivity contribution < 1.29 is 14.3 Å². The van der Waals surface area contributed by atoms with Gasteiger partial charge in [0.25, 0.3) is 0 Å². The first-order chi connectivity index (χ1) is 7.27. The Labute approximate surface area is 88.4 Å². The molecule has 0 aliphatic heterocycles. The first-order valence-corrected chi connectivity index (χ1v) is 4.57. The van der Waals surface area contributed by atoms with Crippen LogP contribution in [0.25, 0.3) is 0 Å². The van der Waals surface area contributed by atoms with Gasteiger partial charge in [-0.1, -0.05) is 36.9 Å². The topological polar surface area (TPSA) is 43.4 Å². The zero-order valence-corrected chi connectivity index (χ0v) is 8.31. The lowest BCUT2D eigenvalue weighted by atomic mass is 10.1. The molecule has 0 aliphatic carbocycles. The average molecular weight is 204 g/mol. The van der Waals surface area contributed by atoms with E-state index in [-0.39, 0.29) is 19.0 Å². The monoisotopic (exact) mass is 204 g/mol. The SMILES string of the molecule is C=CCOC(=O)Cc1ccccc1C=O. The molecule has 3 nitrogen and oxygen atoms in total. The average Bonchev–Trinajstić information content (AvgIpc) is 2.27. The van der Waals surface area contributed by atoms with Crippen molar-refractivity contribution in [3.63, 3.8) is 0 Å². The predicted molar refractivity (Wildman–Crippen MR) is 56.7 cm³/mol. The highest BCUT2D eigenvalue weighted by molar-refractivity contribution is 5.81. The minimum absolute atomic E-state index is 0.114. The number of hydrogen-bond donors (Lipinski definition) is 0. The minimum Gasteiger partial charge on any atom is -0.461 e. The maximum atomic E-state index is 11.3. The highest BCUT2D eigenvalue weighted by Crippen LogP contribution is 2.07. The van der Waals surface area contributed by atoms with Gasteiger partial charge in [-0.3, -0.25) is 9.59 Å². The van der Waals surface area contributed by atoms with Gasteiger partial charge in [0, 0.05) is 5.56 Å². The van der Waals surface area contributed by atoms with Crippen molar-refractivity contribution in [1.82, 2.24) is 0 Å². The van der Waals surface area contributed by atoms with Crippen LogP contribution in [0.2, 0.25) is 0 Å². The van der Waals surface area contributed by atoms with Crippen LogP contribution in [-0.2, 0) is 16.0 Å². The third-order valence-electron chi connectivity index (χ3n) is 1.88. The highest BCUT2D eigenvalue weighted by atomic mass is 16.5. The van der Waals surface area contributed by atoms with Crippen LogP contribution in [0.3, 0.4) is 0 Å². The van der Waals surface area contributed by atoms with E-state index in [2.05, 4.69) is 6.58 Å². The Morgan fingerprint density at radius 3 is 2.80 bits per heavy atom. The van der Waals surface area contributed by atoms with Crippen molar-refractivity contribution in [1.29, 1.82) is 0 Å². The lowest BCUT2D eigenvalue weighted by molar-refractivity contribution is -0.141. The molecule has 1 aromatic rings. The molecule has 0 aromatic heterocycles. The molecule has 1 rings (SSSR count). The van der Waals surface area contributed by atoms with Gasteiger partial charge in [-0.2, -0.15) is 0 Å². The first kappa shape index (κ1) is 11.2. The number of carbonyl (C=O) groups is 2. The summed E-state index contributed by atoms with van der Waals surface area (Å²) in [6.07, 6.45) is 2.35. The van der Waals surface area contributed by atoms with E-state index in [4.69, 9.17) is 4.74 Å². The van der Waals surface area contributed by atoms with Crippen LogP contribution in [0.4, 0.5) is 0 Å². The molecule has 0 radical (unpaired) electrons. The van der Waals surface area contributed by atoms with Crippen molar-refractivity contribution in [2.75, 3.05) is 6.61 Å². The largest absolute Gasteiger partial charge is 0.461 e. The van der Waals surface area contributed by atoms with Crippen LogP contribution >= 0.6 is 0 Å². The molecule has 0 saturated carbocycles. The molecule has 0 heterocycles. The fourth-order valence-corrected chi connectivity index (χ4v) is 1.17. The Balaban J connectivity index is 2.67. The number of hydrogen-bond acceptors (Lipinski definition) is 3. The van der Waals surface area contributed by atoms with Crippen molar-refractivity contribution in [3.05, 3.63) is 48.0 Å². The van der Waals surface area contributed by atoms with E-state index in [1.807, 2.05) is 0 Å². The summed E-state index contributed by atoms with van der Waals surface area (Å²) >= 11 is 0. The summed E-state index contributed by atoms with van der Waals surface area (Å²) in [5, 5.41) is 0. The number of rotatable bonds is 5. The summed E-state index contributed by atoms with van der Waals surface area (Å²) in [6.45, 7) is 3.64. The zero-order chi connectivity index (χ0) is 11.1. The minimum atomic E-state index is -0.357. The van der Waals surface area contributed by atoms with Crippen molar-refractivity contribution >= 4 is 12.3 Å². The van der Waals surface area contributed by atoms with Crippen molar-refractivity contribution in [2.45, 2.75) is 6.42 Å². The van der Waals surface area contributed by atoms with Gasteiger partial charge in [-0.15, -0.1) is 0 Å². The van der Waals surface area contributed by atoms with E-state index in [0.717, 1.165) is 6.29 Å². The molecule has 1 aromatic carbocycles. The Hall–Kier alpha value is -1.90. The quantitative estimate of drug-likeness (QED) is 0.417. The van der Waals surface area contributed by atoms with Crippen molar-refractivity contribution in [3.8, 4) is 0 Å². The number of benzene rings is 1. The van der Waals surface area contributed by atoms with Gasteiger partial charge >= 0.3 is 5.97 Å². The van der Waals surface area contributed by atoms with Crippen LogP contribution in [0, 0.1) is 0 Å². The maximum Gasteiger partial charge on any atom is 0.310 e. The second-order valence-electron chi connectivity index (χ2n) is 2.97. The van der Waals surface area contributed by atoms with E-state index in [1.54, 1.807) is 24.3 Å². The van der Waals surface area contributed by atoms with Gasteiger partial charge in [-0.25, -0.2) is 0 Å². The Bertz CT molecular complexity index is 369. The smallest absolute Gasteiger partial charge is 0.310 e. The first-order valence-electron chi connectivity index (χ1n) is 4.57. The second kappa shape index (κ2) is 5.75. The summed E-state index contributed by atoms with van der Waals surface area (Å²) in [5.41, 5.74) is 1.20. The molecule has 0 saturated heterocycles. The summed E-state index contributed by atoms with van der Waals surface area (Å²) in [7, 11) is 0. The Kier molecular flexibility index (Phi) is 4.29. The van der Waals surface area contributed by atoms with E-state index >= 15 is 0 Å². The summed E-state index contributed by atoms with van der Waals surface area (Å²) < 4.78 is 4.82. The number of carbonyl (C=O) groups excluding carboxylic acids is 2. The molecule has 0 spiro atoms. The molecule has 78 valence electrons. The fourth-order valence-electron chi connectivity index (χ4n) is 1.17. The summed E-state index contributed by atoms with van der Waals surface area (Å²) in [5.74, 6) is -0.357. The van der Waals surface area contributed by atoms with Crippen molar-refractivity contribution in [2.24, 2.45) is 0 Å². The summed E-state index contributed by atoms with van der Waals surface area (Å²) in [6, 6.07) is 6.94. The Morgan fingerprint density at radius 2 is 2.13 bits per heavy atom. The molecule has 0 bridgehead atoms. The highest BCUT2D eigenvalue weighted by Gasteiger charge is 2.07. The van der Waals surface area contributed by atoms with Gasteiger partial charge in [-0.05, 0) is 5.56 Å². The number of esters is 1. The van der Waals surface area contributed by atoms with Gasteiger partial charge in [0.2, 0.25) is 0 Å². The molecule has 0 amide bonds. The molecule has 0 N–H and O–H groups in total. The lowest BCUT2D eigenvalue weighted by Gasteiger charge is -2.03. The zero-order valence-electron chi connectivity index (χ0n) is 8.31. The van der Waals surface area contributed by atoms with Crippen LogP contribution in [-0.4, -0.2) is 18.9 Å². The third-order valence-corrected chi connectivity index (χ3v) is 1.88. The van der Waals surface area contributed by atoms with Gasteiger partial charge in [0.1, 0.15) is 12.9 Å². The lowest BCUT2D eigenvalue weighted by Crippen LogP contribution is -2.09. The molecule has 0 aliphatic rings. The second-order valence-corrected chi connectivity index (χ2v) is 2.97. The fraction of sp³-hybridized carbons (Fsp3) is 0.167. The molecule has 15 heavy (non-hydrogen) atoms. The van der Waals surface area contributed by atoms with Crippen LogP contribution in [0.5, 0.6) is 0 Å². The molecule has 0 fully saturated rings. The molecular weight excluding hydrogens is 192 g/mol. The molecule has 0 atom stereocenters. The molecule has 0 unspecified atom stereocenters. The molecule has 3 heteroatoms. The predicted octanol–water partition coefficient (Wildman–Crippen LogP) is 1.77. The van der Waals surface area contributed by atoms with Gasteiger partial charge in [0.05, 0.1) is 6.42 Å². The van der Waals surface area contributed by atoms with E-state index < -0.39 is 0 Å². The molecular formula is C12H12O3. The van der Waals surface area contributed by atoms with Gasteiger partial charge < -0.3 is 4.74 Å². The van der Waals surface area contributed by atoms with Crippen LogP contribution < -0.4 is 0 Å². The third kappa shape index (κ3) is 3.38. The van der Waals surface area contributed by atoms with E-state index in [1.165, 1.54) is 6.08 Å². The van der Waals surface area contributed by atoms with E-state index in [0.29, 0.717) is 11.1 Å². The number of ether oxygens (including phenoxy) is 1. The summed E-state index contributed by atoms with van der Waals surface area (Å²) in [4.78, 5) is 21.9. The maximum absolute atomic E-state index is 11.3. The number of aldehydes is 1. The standard InChI is InChI=1S/C12H12O3/c1-2-7-15-12(14)8-10-5-3-4-6-11(10)9-13/h2-6,9H,1,7-8H2. The normalized spacial score (nSPS) is 9.33.